The second-order valence-electron chi connectivity index (χ2n) is 7.65. The summed E-state index contributed by atoms with van der Waals surface area (Å²) in [6.45, 7) is 3.40. The van der Waals surface area contributed by atoms with Crippen LogP contribution in [0.1, 0.15) is 25.5 Å². The Morgan fingerprint density at radius 1 is 0.848 bits per heavy atom. The molecule has 0 spiro atoms. The number of sulfonamides is 1. The van der Waals surface area contributed by atoms with Crippen LogP contribution < -0.4 is 19.1 Å². The molecule has 7 nitrogen and oxygen atoms in total. The molecule has 2 unspecified atom stereocenters. The van der Waals surface area contributed by atoms with Gasteiger partial charge < -0.3 is 14.8 Å². The number of anilines is 1. The zero-order valence-corrected chi connectivity index (χ0v) is 19.9. The minimum atomic E-state index is -3.73. The molecule has 0 heterocycles. The normalized spacial score (nSPS) is 13.0. The van der Waals surface area contributed by atoms with E-state index in [1.807, 2.05) is 61.5 Å². The van der Waals surface area contributed by atoms with Crippen molar-refractivity contribution in [3.05, 3.63) is 84.4 Å². The molecule has 3 aromatic carbocycles. The highest BCUT2D eigenvalue weighted by atomic mass is 32.2. The molecule has 0 radical (unpaired) electrons. The Labute approximate surface area is 195 Å². The third-order valence-corrected chi connectivity index (χ3v) is 6.37. The van der Waals surface area contributed by atoms with Crippen molar-refractivity contribution < 1.29 is 22.7 Å². The highest BCUT2D eigenvalue weighted by Gasteiger charge is 2.30. The monoisotopic (exact) mass is 468 g/mol. The van der Waals surface area contributed by atoms with Crippen LogP contribution in [0.15, 0.2) is 78.9 Å². The van der Waals surface area contributed by atoms with Crippen LogP contribution in [0.2, 0.25) is 0 Å². The summed E-state index contributed by atoms with van der Waals surface area (Å²) in [7, 11) is -2.14. The molecule has 0 saturated carbocycles. The molecule has 33 heavy (non-hydrogen) atoms. The molecule has 174 valence electrons. The third kappa shape index (κ3) is 6.26. The van der Waals surface area contributed by atoms with Crippen LogP contribution in [-0.2, 0) is 14.8 Å². The smallest absolute Gasteiger partial charge is 0.244 e. The summed E-state index contributed by atoms with van der Waals surface area (Å²) in [6.07, 6.45) is 1.08. The fraction of sp³-hybridized carbons (Fsp3) is 0.240. The van der Waals surface area contributed by atoms with Crippen molar-refractivity contribution >= 4 is 21.6 Å². The fourth-order valence-electron chi connectivity index (χ4n) is 3.40. The summed E-state index contributed by atoms with van der Waals surface area (Å²) < 4.78 is 37.2. The zero-order valence-electron chi connectivity index (χ0n) is 19.1. The molecule has 0 aliphatic heterocycles. The molecular formula is C25H28N2O5S. The Hall–Kier alpha value is -3.52. The van der Waals surface area contributed by atoms with Gasteiger partial charge in [0, 0.05) is 0 Å². The largest absolute Gasteiger partial charge is 0.497 e. The summed E-state index contributed by atoms with van der Waals surface area (Å²) >= 11 is 0. The molecule has 0 fully saturated rings. The lowest BCUT2D eigenvalue weighted by molar-refractivity contribution is -0.122. The van der Waals surface area contributed by atoms with E-state index in [9.17, 15) is 13.2 Å². The Morgan fingerprint density at radius 3 is 1.94 bits per heavy atom. The van der Waals surface area contributed by atoms with Gasteiger partial charge >= 0.3 is 0 Å². The summed E-state index contributed by atoms with van der Waals surface area (Å²) in [4.78, 5) is 13.0. The van der Waals surface area contributed by atoms with E-state index in [1.165, 1.54) is 0 Å². The first kappa shape index (κ1) is 24.1. The van der Waals surface area contributed by atoms with Gasteiger partial charge in [-0.1, -0.05) is 30.3 Å². The number of nitrogens with zero attached hydrogens (tertiary/aromatic N) is 1. The van der Waals surface area contributed by atoms with Crippen molar-refractivity contribution in [2.75, 3.05) is 17.7 Å². The van der Waals surface area contributed by atoms with Gasteiger partial charge in [-0.3, -0.25) is 9.10 Å². The van der Waals surface area contributed by atoms with Crippen molar-refractivity contribution in [1.82, 2.24) is 5.32 Å². The highest BCUT2D eigenvalue weighted by molar-refractivity contribution is 7.92. The van der Waals surface area contributed by atoms with Gasteiger partial charge in [0.25, 0.3) is 0 Å². The van der Waals surface area contributed by atoms with Crippen molar-refractivity contribution in [2.45, 2.75) is 25.9 Å². The number of amides is 1. The van der Waals surface area contributed by atoms with Crippen LogP contribution in [0.5, 0.6) is 17.2 Å². The predicted octanol–water partition coefficient (Wildman–Crippen LogP) is 4.52. The number of benzene rings is 3. The fourth-order valence-corrected chi connectivity index (χ4v) is 4.58. The van der Waals surface area contributed by atoms with Crippen LogP contribution in [0.25, 0.3) is 0 Å². The minimum absolute atomic E-state index is 0.311. The summed E-state index contributed by atoms with van der Waals surface area (Å²) in [5.41, 5.74) is 1.25. The molecule has 3 aromatic rings. The molecule has 1 amide bonds. The Kier molecular flexibility index (Phi) is 7.60. The average Bonchev–Trinajstić information content (AvgIpc) is 2.80. The molecular weight excluding hydrogens is 440 g/mol. The molecule has 3 rings (SSSR count). The van der Waals surface area contributed by atoms with E-state index in [4.69, 9.17) is 9.47 Å². The number of carbonyl (C=O) groups is 1. The maximum absolute atomic E-state index is 13.0. The van der Waals surface area contributed by atoms with E-state index in [1.54, 1.807) is 38.3 Å². The number of para-hydroxylation sites is 1. The maximum Gasteiger partial charge on any atom is 0.244 e. The first-order valence-corrected chi connectivity index (χ1v) is 12.3. The summed E-state index contributed by atoms with van der Waals surface area (Å²) in [5.74, 6) is 1.54. The summed E-state index contributed by atoms with van der Waals surface area (Å²) in [6, 6.07) is 21.9. The first-order chi connectivity index (χ1) is 15.7. The van der Waals surface area contributed by atoms with Crippen LogP contribution >= 0.6 is 0 Å². The van der Waals surface area contributed by atoms with Gasteiger partial charge in [-0.15, -0.1) is 0 Å². The Balaban J connectivity index is 1.75. The second kappa shape index (κ2) is 10.4. The van der Waals surface area contributed by atoms with E-state index in [0.29, 0.717) is 22.9 Å². The second-order valence-corrected chi connectivity index (χ2v) is 9.51. The lowest BCUT2D eigenvalue weighted by atomic mass is 10.1. The van der Waals surface area contributed by atoms with Gasteiger partial charge in [0.1, 0.15) is 23.3 Å². The lowest BCUT2D eigenvalue weighted by Crippen LogP contribution is -2.48. The van der Waals surface area contributed by atoms with Gasteiger partial charge in [-0.2, -0.15) is 0 Å². The van der Waals surface area contributed by atoms with Gasteiger partial charge in [-0.05, 0) is 67.9 Å². The number of hydrogen-bond donors (Lipinski definition) is 1. The molecule has 2 atom stereocenters. The Morgan fingerprint density at radius 2 is 1.39 bits per heavy atom. The molecule has 1 N–H and O–H groups in total. The van der Waals surface area contributed by atoms with Gasteiger partial charge in [-0.25, -0.2) is 8.42 Å². The van der Waals surface area contributed by atoms with E-state index in [-0.39, 0.29) is 6.04 Å². The molecule has 0 saturated heterocycles. The lowest BCUT2D eigenvalue weighted by Gasteiger charge is -2.29. The van der Waals surface area contributed by atoms with Crippen molar-refractivity contribution in [1.29, 1.82) is 0 Å². The Bertz CT molecular complexity index is 1160. The van der Waals surface area contributed by atoms with Crippen molar-refractivity contribution in [3.63, 3.8) is 0 Å². The van der Waals surface area contributed by atoms with Gasteiger partial charge in [0.2, 0.25) is 15.9 Å². The number of carbonyl (C=O) groups excluding carboxylic acids is 1. The molecule has 0 aliphatic carbocycles. The van der Waals surface area contributed by atoms with E-state index in [0.717, 1.165) is 16.1 Å². The van der Waals surface area contributed by atoms with Crippen LogP contribution in [0.3, 0.4) is 0 Å². The van der Waals surface area contributed by atoms with Crippen LogP contribution in [-0.4, -0.2) is 33.7 Å². The standard InChI is InChI=1S/C25H28N2O5S/c1-18(20-10-14-22(31-3)15-11-20)26-25(28)19(2)27(33(4,29)30)21-12-16-24(17-13-21)32-23-8-6-5-7-9-23/h5-19H,1-4H3,(H,26,28). The quantitative estimate of drug-likeness (QED) is 0.499. The molecule has 0 bridgehead atoms. The van der Waals surface area contributed by atoms with Gasteiger partial charge in [0.15, 0.2) is 0 Å². The maximum atomic E-state index is 13.0. The number of nitrogens with one attached hydrogen (secondary N) is 1. The predicted molar refractivity (Wildman–Crippen MR) is 129 cm³/mol. The first-order valence-electron chi connectivity index (χ1n) is 10.5. The van der Waals surface area contributed by atoms with E-state index in [2.05, 4.69) is 5.32 Å². The molecule has 0 aliphatic rings. The molecule has 8 heteroatoms. The minimum Gasteiger partial charge on any atom is -0.497 e. The van der Waals surface area contributed by atoms with Gasteiger partial charge in [0.05, 0.1) is 25.1 Å². The summed E-state index contributed by atoms with van der Waals surface area (Å²) in [5, 5.41) is 2.89. The van der Waals surface area contributed by atoms with Crippen LogP contribution in [0, 0.1) is 0 Å². The number of hydrogen-bond acceptors (Lipinski definition) is 5. The number of ether oxygens (including phenoxy) is 2. The number of methoxy groups -OCH3 is 1. The van der Waals surface area contributed by atoms with Crippen molar-refractivity contribution in [3.8, 4) is 17.2 Å². The van der Waals surface area contributed by atoms with E-state index < -0.39 is 22.0 Å². The van der Waals surface area contributed by atoms with Crippen molar-refractivity contribution in [2.24, 2.45) is 0 Å². The zero-order chi connectivity index (χ0) is 24.0. The SMILES string of the molecule is COc1ccc(C(C)NC(=O)C(C)N(c2ccc(Oc3ccccc3)cc2)S(C)(=O)=O)cc1. The molecule has 0 aromatic heterocycles. The third-order valence-electron chi connectivity index (χ3n) is 5.13. The average molecular weight is 469 g/mol. The topological polar surface area (TPSA) is 84.9 Å². The van der Waals surface area contributed by atoms with Crippen LogP contribution in [0.4, 0.5) is 5.69 Å². The number of rotatable bonds is 9. The highest BCUT2D eigenvalue weighted by Crippen LogP contribution is 2.27. The van der Waals surface area contributed by atoms with E-state index >= 15 is 0 Å².